The summed E-state index contributed by atoms with van der Waals surface area (Å²) in [6.45, 7) is 4.11. The van der Waals surface area contributed by atoms with E-state index in [4.69, 9.17) is 4.74 Å². The standard InChI is InChI=1S/C14H26F2N2O/c1-2-5-17-11-8-12-3-4-13(9-11)18(12)6-7-19-10-14(15)16/h11-14,17H,2-10H2,1H3. The Morgan fingerprint density at radius 1 is 1.26 bits per heavy atom. The molecule has 2 unspecified atom stereocenters. The summed E-state index contributed by atoms with van der Waals surface area (Å²) in [6, 6.07) is 1.90. The molecule has 2 heterocycles. The number of alkyl halides is 2. The number of rotatable bonds is 8. The summed E-state index contributed by atoms with van der Waals surface area (Å²) in [7, 11) is 0. The second kappa shape index (κ2) is 7.50. The first-order chi connectivity index (χ1) is 9.20. The lowest BCUT2D eigenvalue weighted by atomic mass is 9.97. The minimum absolute atomic E-state index is 0.427. The molecule has 0 amide bonds. The Kier molecular flexibility index (Phi) is 5.98. The van der Waals surface area contributed by atoms with Gasteiger partial charge in [-0.1, -0.05) is 6.92 Å². The van der Waals surface area contributed by atoms with E-state index >= 15 is 0 Å². The molecule has 0 aliphatic carbocycles. The summed E-state index contributed by atoms with van der Waals surface area (Å²) in [5.41, 5.74) is 0. The van der Waals surface area contributed by atoms with Gasteiger partial charge in [-0.25, -0.2) is 8.78 Å². The smallest absolute Gasteiger partial charge is 0.261 e. The Morgan fingerprint density at radius 3 is 2.53 bits per heavy atom. The van der Waals surface area contributed by atoms with E-state index in [-0.39, 0.29) is 0 Å². The number of hydrogen-bond donors (Lipinski definition) is 1. The van der Waals surface area contributed by atoms with Gasteiger partial charge in [0, 0.05) is 24.7 Å². The highest BCUT2D eigenvalue weighted by atomic mass is 19.3. The van der Waals surface area contributed by atoms with Crippen LogP contribution in [0.2, 0.25) is 0 Å². The molecule has 3 nitrogen and oxygen atoms in total. The average molecular weight is 276 g/mol. The van der Waals surface area contributed by atoms with E-state index in [0.29, 0.717) is 24.7 Å². The Hall–Kier alpha value is -0.260. The molecule has 2 atom stereocenters. The van der Waals surface area contributed by atoms with Gasteiger partial charge in [-0.2, -0.15) is 0 Å². The molecule has 0 aromatic heterocycles. The van der Waals surface area contributed by atoms with Crippen molar-refractivity contribution in [1.29, 1.82) is 0 Å². The molecule has 0 aromatic rings. The molecule has 0 saturated carbocycles. The molecule has 2 saturated heterocycles. The Labute approximate surface area is 114 Å². The fourth-order valence-electron chi connectivity index (χ4n) is 3.50. The number of ether oxygens (including phenoxy) is 1. The van der Waals surface area contributed by atoms with Gasteiger partial charge in [0.25, 0.3) is 6.43 Å². The van der Waals surface area contributed by atoms with Gasteiger partial charge in [0.2, 0.25) is 0 Å². The lowest BCUT2D eigenvalue weighted by Crippen LogP contribution is -2.50. The zero-order valence-corrected chi connectivity index (χ0v) is 11.8. The Morgan fingerprint density at radius 2 is 1.95 bits per heavy atom. The molecular weight excluding hydrogens is 250 g/mol. The SMILES string of the molecule is CCCNC1CC2CCC(C1)N2CCOCC(F)F. The third kappa shape index (κ3) is 4.36. The van der Waals surface area contributed by atoms with Gasteiger partial charge in [-0.3, -0.25) is 4.90 Å². The minimum atomic E-state index is -2.35. The number of nitrogens with zero attached hydrogens (tertiary/aromatic N) is 1. The topological polar surface area (TPSA) is 24.5 Å². The average Bonchev–Trinajstić information content (AvgIpc) is 2.61. The number of halogens is 2. The first-order valence-corrected chi connectivity index (χ1v) is 7.55. The second-order valence-corrected chi connectivity index (χ2v) is 5.71. The summed E-state index contributed by atoms with van der Waals surface area (Å²) in [6.07, 6.45) is 3.74. The minimum Gasteiger partial charge on any atom is -0.374 e. The van der Waals surface area contributed by atoms with Crippen LogP contribution in [0, 0.1) is 0 Å². The maximum atomic E-state index is 12.0. The van der Waals surface area contributed by atoms with Crippen molar-refractivity contribution >= 4 is 0 Å². The quantitative estimate of drug-likeness (QED) is 0.688. The van der Waals surface area contributed by atoms with Gasteiger partial charge in [0.15, 0.2) is 0 Å². The number of piperidine rings is 1. The second-order valence-electron chi connectivity index (χ2n) is 5.71. The zero-order valence-electron chi connectivity index (χ0n) is 11.8. The van der Waals surface area contributed by atoms with Crippen molar-refractivity contribution in [2.24, 2.45) is 0 Å². The Bertz CT molecular complexity index is 252. The highest BCUT2D eigenvalue weighted by Crippen LogP contribution is 2.35. The summed E-state index contributed by atoms with van der Waals surface area (Å²) in [5.74, 6) is 0. The third-order valence-electron chi connectivity index (χ3n) is 4.31. The molecule has 2 aliphatic rings. The number of nitrogens with one attached hydrogen (secondary N) is 1. The molecule has 0 aromatic carbocycles. The molecule has 0 spiro atoms. The summed E-state index contributed by atoms with van der Waals surface area (Å²) in [4.78, 5) is 2.48. The normalized spacial score (nSPS) is 31.3. The van der Waals surface area contributed by atoms with Gasteiger partial charge in [-0.05, 0) is 38.6 Å². The van der Waals surface area contributed by atoms with Crippen LogP contribution >= 0.6 is 0 Å². The van der Waals surface area contributed by atoms with Gasteiger partial charge < -0.3 is 10.1 Å². The maximum absolute atomic E-state index is 12.0. The van der Waals surface area contributed by atoms with Crippen molar-refractivity contribution in [2.45, 2.75) is 63.6 Å². The largest absolute Gasteiger partial charge is 0.374 e. The van der Waals surface area contributed by atoms with Crippen LogP contribution < -0.4 is 5.32 Å². The predicted molar refractivity (Wildman–Crippen MR) is 71.7 cm³/mol. The fraction of sp³-hybridized carbons (Fsp3) is 1.00. The van der Waals surface area contributed by atoms with Crippen LogP contribution in [0.25, 0.3) is 0 Å². The van der Waals surface area contributed by atoms with Crippen LogP contribution in [0.15, 0.2) is 0 Å². The molecule has 2 fully saturated rings. The van der Waals surface area contributed by atoms with E-state index < -0.39 is 13.0 Å². The summed E-state index contributed by atoms with van der Waals surface area (Å²) >= 11 is 0. The van der Waals surface area contributed by atoms with Gasteiger partial charge >= 0.3 is 0 Å². The van der Waals surface area contributed by atoms with Crippen molar-refractivity contribution < 1.29 is 13.5 Å². The van der Waals surface area contributed by atoms with Crippen LogP contribution in [0.3, 0.4) is 0 Å². The molecule has 19 heavy (non-hydrogen) atoms. The molecule has 2 aliphatic heterocycles. The molecule has 2 bridgehead atoms. The van der Waals surface area contributed by atoms with Crippen LogP contribution in [0.5, 0.6) is 0 Å². The van der Waals surface area contributed by atoms with E-state index in [9.17, 15) is 8.78 Å². The molecule has 1 N–H and O–H groups in total. The van der Waals surface area contributed by atoms with E-state index in [2.05, 4.69) is 17.1 Å². The predicted octanol–water partition coefficient (Wildman–Crippen LogP) is 2.26. The van der Waals surface area contributed by atoms with Crippen LogP contribution in [-0.4, -0.2) is 55.8 Å². The molecule has 5 heteroatoms. The molecule has 0 radical (unpaired) electrons. The summed E-state index contributed by atoms with van der Waals surface area (Å²) in [5, 5.41) is 3.62. The molecule has 2 rings (SSSR count). The lowest BCUT2D eigenvalue weighted by Gasteiger charge is -2.39. The molecule has 112 valence electrons. The van der Waals surface area contributed by atoms with E-state index in [1.807, 2.05) is 0 Å². The van der Waals surface area contributed by atoms with Gasteiger partial charge in [0.05, 0.1) is 6.61 Å². The van der Waals surface area contributed by atoms with E-state index in [1.165, 1.54) is 32.1 Å². The van der Waals surface area contributed by atoms with Crippen LogP contribution in [-0.2, 0) is 4.74 Å². The third-order valence-corrected chi connectivity index (χ3v) is 4.31. The van der Waals surface area contributed by atoms with Crippen LogP contribution in [0.1, 0.15) is 39.0 Å². The van der Waals surface area contributed by atoms with E-state index in [1.54, 1.807) is 0 Å². The fourth-order valence-corrected chi connectivity index (χ4v) is 3.50. The lowest BCUT2D eigenvalue weighted by molar-refractivity contribution is -0.000379. The van der Waals surface area contributed by atoms with Gasteiger partial charge in [0.1, 0.15) is 6.61 Å². The van der Waals surface area contributed by atoms with Crippen molar-refractivity contribution in [2.75, 3.05) is 26.3 Å². The van der Waals surface area contributed by atoms with Crippen LogP contribution in [0.4, 0.5) is 8.78 Å². The van der Waals surface area contributed by atoms with E-state index in [0.717, 1.165) is 13.1 Å². The highest BCUT2D eigenvalue weighted by Gasteiger charge is 2.39. The van der Waals surface area contributed by atoms with Crippen molar-refractivity contribution in [1.82, 2.24) is 10.2 Å². The first kappa shape index (κ1) is 15.1. The first-order valence-electron chi connectivity index (χ1n) is 7.55. The molecular formula is C14H26F2N2O. The summed E-state index contributed by atoms with van der Waals surface area (Å²) < 4.78 is 29.0. The Balaban J connectivity index is 1.70. The number of hydrogen-bond acceptors (Lipinski definition) is 3. The van der Waals surface area contributed by atoms with Crippen molar-refractivity contribution in [3.63, 3.8) is 0 Å². The zero-order chi connectivity index (χ0) is 13.7. The highest BCUT2D eigenvalue weighted by molar-refractivity contribution is 4.97. The monoisotopic (exact) mass is 276 g/mol. The van der Waals surface area contributed by atoms with Crippen molar-refractivity contribution in [3.8, 4) is 0 Å². The van der Waals surface area contributed by atoms with Gasteiger partial charge in [-0.15, -0.1) is 0 Å². The number of fused-ring (bicyclic) bond motifs is 2. The van der Waals surface area contributed by atoms with Crippen molar-refractivity contribution in [3.05, 3.63) is 0 Å². The maximum Gasteiger partial charge on any atom is 0.261 e.